The van der Waals surface area contributed by atoms with Gasteiger partial charge in [0.2, 0.25) is 11.8 Å². The smallest absolute Gasteiger partial charge is 0.329 e. The van der Waals surface area contributed by atoms with E-state index < -0.39 is 12.1 Å². The van der Waals surface area contributed by atoms with Gasteiger partial charge in [0.05, 0.1) is 12.5 Å². The number of esters is 1. The van der Waals surface area contributed by atoms with Crippen molar-refractivity contribution in [1.82, 2.24) is 10.2 Å². The van der Waals surface area contributed by atoms with Gasteiger partial charge in [-0.25, -0.2) is 4.79 Å². The molecule has 0 spiro atoms. The Kier molecular flexibility index (Phi) is 8.56. The monoisotopic (exact) mass is 610 g/mol. The molecule has 5 rings (SSSR count). The lowest BCUT2D eigenvalue weighted by Crippen LogP contribution is -2.57. The molecule has 244 valence electrons. The van der Waals surface area contributed by atoms with Crippen LogP contribution in [0.3, 0.4) is 0 Å². The van der Waals surface area contributed by atoms with Gasteiger partial charge in [-0.05, 0) is 91.2 Å². The number of rotatable bonds is 9. The molecule has 3 saturated carbocycles. The number of piperidine rings is 1. The summed E-state index contributed by atoms with van der Waals surface area (Å²) >= 11 is 0. The van der Waals surface area contributed by atoms with Crippen molar-refractivity contribution in [3.63, 3.8) is 0 Å². The first-order valence-electron chi connectivity index (χ1n) is 16.8. The van der Waals surface area contributed by atoms with Crippen molar-refractivity contribution in [2.45, 2.75) is 131 Å². The van der Waals surface area contributed by atoms with Gasteiger partial charge in [-0.15, -0.1) is 0 Å². The van der Waals surface area contributed by atoms with Crippen molar-refractivity contribution in [2.24, 2.45) is 33.5 Å². The molecule has 0 bridgehead atoms. The molecule has 44 heavy (non-hydrogen) atoms. The van der Waals surface area contributed by atoms with E-state index in [1.54, 1.807) is 11.0 Å². The largest absolute Gasteiger partial charge is 0.504 e. The Morgan fingerprint density at radius 3 is 2.30 bits per heavy atom. The van der Waals surface area contributed by atoms with Crippen LogP contribution >= 0.6 is 0 Å². The van der Waals surface area contributed by atoms with E-state index in [4.69, 9.17) is 4.74 Å². The first-order valence-corrected chi connectivity index (χ1v) is 16.8. The Labute approximate surface area is 263 Å². The molecule has 8 heteroatoms. The summed E-state index contributed by atoms with van der Waals surface area (Å²) in [5.41, 5.74) is 0.422. The van der Waals surface area contributed by atoms with E-state index in [0.717, 1.165) is 57.8 Å². The maximum absolute atomic E-state index is 14.4. The van der Waals surface area contributed by atoms with Crippen LogP contribution in [-0.4, -0.2) is 57.6 Å². The highest BCUT2D eigenvalue weighted by molar-refractivity contribution is 5.93. The molecule has 4 aliphatic rings. The number of hydrogen-bond acceptors (Lipinski definition) is 6. The second kappa shape index (κ2) is 11.5. The van der Waals surface area contributed by atoms with E-state index in [-0.39, 0.29) is 69.4 Å². The minimum Gasteiger partial charge on any atom is -0.504 e. The summed E-state index contributed by atoms with van der Waals surface area (Å²) in [5.74, 6) is -0.916. The Bertz CT molecular complexity index is 1290. The number of nitrogens with zero attached hydrogens (tertiary/aromatic N) is 1. The average molecular weight is 611 g/mol. The van der Waals surface area contributed by atoms with Gasteiger partial charge >= 0.3 is 5.97 Å². The number of nitrogens with one attached hydrogen (secondary N) is 1. The Morgan fingerprint density at radius 2 is 1.68 bits per heavy atom. The van der Waals surface area contributed by atoms with Crippen LogP contribution in [0.25, 0.3) is 0 Å². The van der Waals surface area contributed by atoms with Gasteiger partial charge < -0.3 is 25.2 Å². The number of likely N-dealkylation sites (tertiary alicyclic amines) is 1. The molecule has 0 radical (unpaired) electrons. The Hall–Kier alpha value is -2.77. The van der Waals surface area contributed by atoms with Crippen molar-refractivity contribution in [1.29, 1.82) is 0 Å². The molecular weight excluding hydrogens is 556 g/mol. The fourth-order valence-electron chi connectivity index (χ4n) is 8.84. The van der Waals surface area contributed by atoms with Gasteiger partial charge in [0.25, 0.3) is 0 Å². The summed E-state index contributed by atoms with van der Waals surface area (Å²) in [6.07, 6.45) is 8.49. The summed E-state index contributed by atoms with van der Waals surface area (Å²) < 4.78 is 6.19. The van der Waals surface area contributed by atoms with E-state index in [2.05, 4.69) is 46.9 Å². The Morgan fingerprint density at radius 1 is 1.00 bits per heavy atom. The molecule has 1 saturated heterocycles. The third-order valence-corrected chi connectivity index (χ3v) is 12.9. The molecular formula is C36H54N2O6. The van der Waals surface area contributed by atoms with Crippen LogP contribution in [0.15, 0.2) is 18.2 Å². The molecule has 6 atom stereocenters. The van der Waals surface area contributed by atoms with Crippen LogP contribution in [-0.2, 0) is 25.5 Å². The quantitative estimate of drug-likeness (QED) is 0.229. The number of aromatic hydroxyl groups is 2. The SMILES string of the molecule is CC(CC1CCC(C)(C)C1(C)C)OC(=O)C1N(C(=O)C(NC(=O)Cc2ccc(O)c(O)c2)C2CCCCC2)CC2(C)CC12C. The van der Waals surface area contributed by atoms with Gasteiger partial charge in [0.1, 0.15) is 12.1 Å². The van der Waals surface area contributed by atoms with Gasteiger partial charge in [-0.1, -0.05) is 66.9 Å². The van der Waals surface area contributed by atoms with Crippen LogP contribution < -0.4 is 5.32 Å². The fourth-order valence-corrected chi connectivity index (χ4v) is 8.84. The molecule has 1 aromatic carbocycles. The van der Waals surface area contributed by atoms with Crippen LogP contribution in [0.1, 0.15) is 112 Å². The summed E-state index contributed by atoms with van der Waals surface area (Å²) in [6, 6.07) is 2.90. The lowest BCUT2D eigenvalue weighted by Gasteiger charge is -2.40. The topological polar surface area (TPSA) is 116 Å². The number of phenols is 2. The first-order chi connectivity index (χ1) is 20.5. The molecule has 2 amide bonds. The number of fused-ring (bicyclic) bond motifs is 1. The maximum atomic E-state index is 14.4. The molecule has 4 fully saturated rings. The van der Waals surface area contributed by atoms with Crippen LogP contribution in [0.2, 0.25) is 0 Å². The number of carbonyl (C=O) groups excluding carboxylic acids is 3. The molecule has 0 aromatic heterocycles. The fraction of sp³-hybridized carbons (Fsp3) is 0.750. The van der Waals surface area contributed by atoms with Gasteiger partial charge in [-0.2, -0.15) is 0 Å². The maximum Gasteiger partial charge on any atom is 0.329 e. The standard InChI is InChI=1S/C36H54N2O6/c1-22(17-25-15-16-33(2,3)34(25,4)5)44-32(43)30-36(7)20-35(36,6)21-38(30)31(42)29(24-11-9-8-10-12-24)37-28(41)19-23-13-14-26(39)27(40)18-23/h13-14,18,22,24-25,29-30,39-40H,8-12,15-17,19-21H2,1-7H3,(H,37,41). The highest BCUT2D eigenvalue weighted by atomic mass is 16.5. The van der Waals surface area contributed by atoms with Crippen LogP contribution in [0.4, 0.5) is 0 Å². The molecule has 8 nitrogen and oxygen atoms in total. The van der Waals surface area contributed by atoms with E-state index in [0.29, 0.717) is 18.0 Å². The van der Waals surface area contributed by atoms with E-state index in [1.807, 2.05) is 6.92 Å². The Balaban J connectivity index is 1.32. The summed E-state index contributed by atoms with van der Waals surface area (Å²) in [5, 5.41) is 22.6. The zero-order chi connectivity index (χ0) is 32.2. The first kappa shape index (κ1) is 32.6. The van der Waals surface area contributed by atoms with Crippen molar-refractivity contribution in [2.75, 3.05) is 6.54 Å². The number of hydrogen-bond donors (Lipinski definition) is 3. The van der Waals surface area contributed by atoms with Crippen molar-refractivity contribution in [3.05, 3.63) is 23.8 Å². The second-order valence-electron chi connectivity index (χ2n) is 16.3. The molecule has 6 unspecified atom stereocenters. The predicted molar refractivity (Wildman–Crippen MR) is 169 cm³/mol. The minimum atomic E-state index is -0.729. The summed E-state index contributed by atoms with van der Waals surface area (Å²) in [4.78, 5) is 43.5. The molecule has 3 aliphatic carbocycles. The van der Waals surface area contributed by atoms with Crippen molar-refractivity contribution < 1.29 is 29.3 Å². The highest BCUT2D eigenvalue weighted by Crippen LogP contribution is 2.71. The second-order valence-corrected chi connectivity index (χ2v) is 16.3. The van der Waals surface area contributed by atoms with E-state index in [1.165, 1.54) is 12.1 Å². The number of amides is 2. The van der Waals surface area contributed by atoms with Crippen LogP contribution in [0.5, 0.6) is 11.5 Å². The molecule has 1 aliphatic heterocycles. The lowest BCUT2D eigenvalue weighted by molar-refractivity contribution is -0.162. The predicted octanol–water partition coefficient (Wildman–Crippen LogP) is 6.12. The number of ether oxygens (including phenoxy) is 1. The minimum absolute atomic E-state index is 0.00509. The average Bonchev–Trinajstić information content (AvgIpc) is 3.32. The molecule has 1 heterocycles. The lowest BCUT2D eigenvalue weighted by atomic mass is 9.66. The van der Waals surface area contributed by atoms with Gasteiger partial charge in [0.15, 0.2) is 11.5 Å². The summed E-state index contributed by atoms with van der Waals surface area (Å²) in [6.45, 7) is 16.0. The highest BCUT2D eigenvalue weighted by Gasteiger charge is 2.74. The molecule has 1 aromatic rings. The zero-order valence-electron chi connectivity index (χ0n) is 27.9. The normalized spacial score (nSPS) is 32.0. The van der Waals surface area contributed by atoms with Crippen LogP contribution in [0, 0.1) is 33.5 Å². The zero-order valence-corrected chi connectivity index (χ0v) is 27.9. The van der Waals surface area contributed by atoms with Gasteiger partial charge in [0, 0.05) is 12.0 Å². The third kappa shape index (κ3) is 5.82. The summed E-state index contributed by atoms with van der Waals surface area (Å²) in [7, 11) is 0. The third-order valence-electron chi connectivity index (χ3n) is 12.9. The van der Waals surface area contributed by atoms with E-state index >= 15 is 0 Å². The number of phenolic OH excluding ortho intramolecular Hbond substituents is 2. The van der Waals surface area contributed by atoms with E-state index in [9.17, 15) is 24.6 Å². The number of carbonyl (C=O) groups is 3. The van der Waals surface area contributed by atoms with Crippen molar-refractivity contribution >= 4 is 17.8 Å². The molecule has 3 N–H and O–H groups in total. The number of benzene rings is 1. The van der Waals surface area contributed by atoms with Crippen molar-refractivity contribution in [3.8, 4) is 11.5 Å². The van der Waals surface area contributed by atoms with Gasteiger partial charge in [-0.3, -0.25) is 9.59 Å².